The largest absolute Gasteiger partial charge is 0.304 e. The molecule has 0 bridgehead atoms. The van der Waals surface area contributed by atoms with Crippen LogP contribution in [-0.2, 0) is 4.79 Å². The van der Waals surface area contributed by atoms with Crippen LogP contribution in [0.15, 0.2) is 50.1 Å². The van der Waals surface area contributed by atoms with E-state index in [1.54, 1.807) is 0 Å². The number of fused-ring (bicyclic) bond motifs is 1. The maximum absolute atomic E-state index is 11.7. The second kappa shape index (κ2) is 4.06. The number of amidine groups is 1. The molecule has 4 nitrogen and oxygen atoms in total. The Hall–Kier alpha value is -1.50. The number of hydrogen-bond donors (Lipinski definition) is 0. The van der Waals surface area contributed by atoms with Crippen LogP contribution in [0.25, 0.3) is 0 Å². The van der Waals surface area contributed by atoms with Crippen LogP contribution in [0.2, 0.25) is 0 Å². The minimum atomic E-state index is -0.319. The summed E-state index contributed by atoms with van der Waals surface area (Å²) in [5.74, 6) is 0.274. The fourth-order valence-electron chi connectivity index (χ4n) is 1.91. The van der Waals surface area contributed by atoms with Crippen LogP contribution < -0.4 is 4.90 Å². The summed E-state index contributed by atoms with van der Waals surface area (Å²) in [6.07, 6.45) is 3.26. The standard InChI is InChI=1S/C12H8IN3O/c13-9-6-16(8-4-2-1-3-5-8)11-10(9)12(17)15-7-14-11/h1-7,10H. The average Bonchev–Trinajstić information content (AvgIpc) is 2.69. The highest BCUT2D eigenvalue weighted by Crippen LogP contribution is 2.34. The highest BCUT2D eigenvalue weighted by Gasteiger charge is 2.37. The molecule has 1 atom stereocenters. The number of para-hydroxylation sites is 1. The first kappa shape index (κ1) is 10.6. The third kappa shape index (κ3) is 1.70. The molecule has 2 heterocycles. The summed E-state index contributed by atoms with van der Waals surface area (Å²) in [7, 11) is 0. The lowest BCUT2D eigenvalue weighted by molar-refractivity contribution is -0.118. The van der Waals surface area contributed by atoms with Crippen molar-refractivity contribution in [3.05, 3.63) is 40.1 Å². The summed E-state index contributed by atoms with van der Waals surface area (Å²) < 4.78 is 0.951. The highest BCUT2D eigenvalue weighted by atomic mass is 127. The second-order valence-electron chi connectivity index (χ2n) is 3.72. The lowest BCUT2D eigenvalue weighted by Crippen LogP contribution is -2.32. The van der Waals surface area contributed by atoms with E-state index in [1.807, 2.05) is 41.4 Å². The van der Waals surface area contributed by atoms with Crippen LogP contribution in [0.5, 0.6) is 0 Å². The Morgan fingerprint density at radius 2 is 2.00 bits per heavy atom. The molecule has 1 aromatic rings. The van der Waals surface area contributed by atoms with Crippen molar-refractivity contribution in [3.63, 3.8) is 0 Å². The fraction of sp³-hybridized carbons (Fsp3) is 0.0833. The molecular formula is C12H8IN3O. The molecule has 0 saturated carbocycles. The van der Waals surface area contributed by atoms with Crippen LogP contribution in [0.3, 0.4) is 0 Å². The molecule has 2 aliphatic heterocycles. The molecule has 17 heavy (non-hydrogen) atoms. The molecule has 84 valence electrons. The van der Waals surface area contributed by atoms with E-state index in [1.165, 1.54) is 6.34 Å². The van der Waals surface area contributed by atoms with Gasteiger partial charge in [0.25, 0.3) is 5.91 Å². The van der Waals surface area contributed by atoms with Crippen molar-refractivity contribution in [1.82, 2.24) is 0 Å². The van der Waals surface area contributed by atoms with Gasteiger partial charge in [-0.05, 0) is 34.7 Å². The van der Waals surface area contributed by atoms with E-state index in [9.17, 15) is 4.79 Å². The topological polar surface area (TPSA) is 45.0 Å². The molecule has 1 unspecified atom stereocenters. The van der Waals surface area contributed by atoms with E-state index in [2.05, 4.69) is 32.6 Å². The molecule has 0 fully saturated rings. The van der Waals surface area contributed by atoms with Gasteiger partial charge in [-0.1, -0.05) is 18.2 Å². The third-order valence-electron chi connectivity index (χ3n) is 2.69. The van der Waals surface area contributed by atoms with Gasteiger partial charge >= 0.3 is 0 Å². The van der Waals surface area contributed by atoms with Gasteiger partial charge in [0.1, 0.15) is 18.1 Å². The number of carbonyl (C=O) groups excluding carboxylic acids is 1. The van der Waals surface area contributed by atoms with Gasteiger partial charge in [0.15, 0.2) is 0 Å². The molecule has 0 spiro atoms. The maximum Gasteiger partial charge on any atom is 0.262 e. The Morgan fingerprint density at radius 3 is 2.76 bits per heavy atom. The van der Waals surface area contributed by atoms with Crippen molar-refractivity contribution in [2.24, 2.45) is 15.9 Å². The molecule has 0 aromatic heterocycles. The van der Waals surface area contributed by atoms with E-state index in [-0.39, 0.29) is 11.8 Å². The number of rotatable bonds is 1. The normalized spacial score (nSPS) is 22.3. The van der Waals surface area contributed by atoms with Crippen molar-refractivity contribution in [3.8, 4) is 0 Å². The fourth-order valence-corrected chi connectivity index (χ4v) is 2.73. The van der Waals surface area contributed by atoms with Gasteiger partial charge in [-0.15, -0.1) is 0 Å². The number of hydrogen-bond acceptors (Lipinski definition) is 3. The molecule has 0 saturated heterocycles. The predicted molar refractivity (Wildman–Crippen MR) is 75.4 cm³/mol. The molecule has 0 aliphatic carbocycles. The Labute approximate surface area is 112 Å². The number of halogens is 1. The van der Waals surface area contributed by atoms with E-state index >= 15 is 0 Å². The van der Waals surface area contributed by atoms with Crippen LogP contribution in [0.1, 0.15) is 0 Å². The van der Waals surface area contributed by atoms with Crippen molar-refractivity contribution in [2.45, 2.75) is 0 Å². The van der Waals surface area contributed by atoms with E-state index in [0.29, 0.717) is 0 Å². The number of amides is 1. The zero-order valence-electron chi connectivity index (χ0n) is 8.75. The van der Waals surface area contributed by atoms with Crippen LogP contribution in [-0.4, -0.2) is 18.1 Å². The minimum Gasteiger partial charge on any atom is -0.304 e. The lowest BCUT2D eigenvalue weighted by Gasteiger charge is -2.20. The Morgan fingerprint density at radius 1 is 1.24 bits per heavy atom. The summed E-state index contributed by atoms with van der Waals surface area (Å²) >= 11 is 2.17. The first-order valence-electron chi connectivity index (χ1n) is 5.13. The molecule has 0 radical (unpaired) electrons. The van der Waals surface area contributed by atoms with Crippen LogP contribution in [0.4, 0.5) is 5.69 Å². The molecule has 5 heteroatoms. The van der Waals surface area contributed by atoms with Crippen molar-refractivity contribution in [2.75, 3.05) is 4.90 Å². The van der Waals surface area contributed by atoms with Crippen LogP contribution in [0, 0.1) is 5.92 Å². The smallest absolute Gasteiger partial charge is 0.262 e. The van der Waals surface area contributed by atoms with Gasteiger partial charge in [-0.25, -0.2) is 9.98 Å². The molecule has 1 aromatic carbocycles. The third-order valence-corrected chi connectivity index (χ3v) is 3.59. The van der Waals surface area contributed by atoms with Gasteiger partial charge in [0.2, 0.25) is 0 Å². The Bertz CT molecular complexity index is 562. The van der Waals surface area contributed by atoms with Gasteiger partial charge < -0.3 is 4.90 Å². The maximum atomic E-state index is 11.7. The molecule has 1 amide bonds. The van der Waals surface area contributed by atoms with Gasteiger partial charge in [0, 0.05) is 15.5 Å². The number of benzene rings is 1. The number of anilines is 1. The zero-order valence-corrected chi connectivity index (χ0v) is 10.9. The monoisotopic (exact) mass is 337 g/mol. The molecule has 0 N–H and O–H groups in total. The number of carbonyl (C=O) groups is 1. The lowest BCUT2D eigenvalue weighted by atomic mass is 10.1. The van der Waals surface area contributed by atoms with E-state index in [0.717, 1.165) is 15.1 Å². The molecule has 3 rings (SSSR count). The Balaban J connectivity index is 2.06. The van der Waals surface area contributed by atoms with Gasteiger partial charge in [-0.3, -0.25) is 4.79 Å². The minimum absolute atomic E-state index is 0.144. The SMILES string of the molecule is O=C1N=CN=C2C1C(I)=CN2c1ccccc1. The summed E-state index contributed by atoms with van der Waals surface area (Å²) in [6.45, 7) is 0. The first-order valence-corrected chi connectivity index (χ1v) is 6.21. The highest BCUT2D eigenvalue weighted by molar-refractivity contribution is 14.1. The van der Waals surface area contributed by atoms with E-state index in [4.69, 9.17) is 0 Å². The number of aliphatic imine (C=N–C) groups is 2. The van der Waals surface area contributed by atoms with Crippen molar-refractivity contribution < 1.29 is 4.79 Å². The average molecular weight is 337 g/mol. The molecular weight excluding hydrogens is 329 g/mol. The molecule has 2 aliphatic rings. The Kier molecular flexibility index (Phi) is 2.54. The zero-order chi connectivity index (χ0) is 11.8. The summed E-state index contributed by atoms with van der Waals surface area (Å²) in [5, 5.41) is 0. The predicted octanol–water partition coefficient (Wildman–Crippen LogP) is 2.37. The quantitative estimate of drug-likeness (QED) is 0.739. The van der Waals surface area contributed by atoms with Gasteiger partial charge in [0.05, 0.1) is 0 Å². The summed E-state index contributed by atoms with van der Waals surface area (Å²) in [4.78, 5) is 21.6. The van der Waals surface area contributed by atoms with Crippen LogP contribution >= 0.6 is 22.6 Å². The van der Waals surface area contributed by atoms with Crippen molar-refractivity contribution in [1.29, 1.82) is 0 Å². The first-order chi connectivity index (χ1) is 8.27. The van der Waals surface area contributed by atoms with E-state index < -0.39 is 0 Å². The summed E-state index contributed by atoms with van der Waals surface area (Å²) in [6, 6.07) is 9.86. The number of nitrogens with zero attached hydrogens (tertiary/aromatic N) is 3. The second-order valence-corrected chi connectivity index (χ2v) is 4.97. The summed E-state index contributed by atoms with van der Waals surface area (Å²) in [5.41, 5.74) is 1.01. The van der Waals surface area contributed by atoms with Gasteiger partial charge in [-0.2, -0.15) is 0 Å². The van der Waals surface area contributed by atoms with Crippen molar-refractivity contribution >= 4 is 46.4 Å².